The molecule has 0 aliphatic carbocycles. The standard InChI is InChI=1S/C38H57N7O6/c1-26(2)22-30(33(46)24-29(16-10-11-19-39)35(48)45-20-17-38(41,18-21-45)36(49)50)42-34(47)31(23-27-12-6-4-7-13-27)43-37(51)44(3)32(25-40)28-14-8-5-9-15-28/h4-9,12-15,26,29-32H,10-11,16-25,39-41H2,1-3H3,(H,42,47)(H,43,51)(H,49,50)/t29-,30+,31+,32-/m0/s1. The second-order valence-electron chi connectivity index (χ2n) is 14.1. The predicted octanol–water partition coefficient (Wildman–Crippen LogP) is 2.58. The number of likely N-dealkylation sites (N-methyl/N-ethyl adjacent to an activating group) is 1. The van der Waals surface area contributed by atoms with E-state index < -0.39 is 47.5 Å². The quantitative estimate of drug-likeness (QED) is 0.118. The number of amides is 4. The molecule has 1 fully saturated rings. The average molecular weight is 708 g/mol. The van der Waals surface area contributed by atoms with Gasteiger partial charge in [-0.1, -0.05) is 80.9 Å². The number of urea groups is 1. The molecule has 13 heteroatoms. The Hall–Kier alpha value is -4.33. The van der Waals surface area contributed by atoms with Crippen LogP contribution < -0.4 is 27.8 Å². The third kappa shape index (κ3) is 12.1. The van der Waals surface area contributed by atoms with Gasteiger partial charge in [-0.05, 0) is 55.7 Å². The number of aliphatic carboxylic acids is 1. The fraction of sp³-hybridized carbons (Fsp3) is 0.553. The zero-order valence-electron chi connectivity index (χ0n) is 30.3. The molecule has 51 heavy (non-hydrogen) atoms. The van der Waals surface area contributed by atoms with E-state index in [2.05, 4.69) is 10.6 Å². The minimum Gasteiger partial charge on any atom is -0.480 e. The fourth-order valence-electron chi connectivity index (χ4n) is 6.49. The lowest BCUT2D eigenvalue weighted by Crippen LogP contribution is -2.57. The van der Waals surface area contributed by atoms with Crippen LogP contribution in [0.2, 0.25) is 0 Å². The molecule has 4 amide bonds. The molecule has 0 spiro atoms. The number of nitrogens with two attached hydrogens (primary N) is 3. The Morgan fingerprint density at radius 3 is 2.06 bits per heavy atom. The summed E-state index contributed by atoms with van der Waals surface area (Å²) in [6.07, 6.45) is 2.39. The van der Waals surface area contributed by atoms with Crippen LogP contribution in [0.5, 0.6) is 0 Å². The summed E-state index contributed by atoms with van der Waals surface area (Å²) in [5.41, 5.74) is 18.1. The fourth-order valence-corrected chi connectivity index (χ4v) is 6.49. The summed E-state index contributed by atoms with van der Waals surface area (Å²) in [6.45, 7) is 4.87. The predicted molar refractivity (Wildman–Crippen MR) is 196 cm³/mol. The van der Waals surface area contributed by atoms with Gasteiger partial charge < -0.3 is 42.7 Å². The highest BCUT2D eigenvalue weighted by Gasteiger charge is 2.40. The van der Waals surface area contributed by atoms with E-state index in [1.807, 2.05) is 74.5 Å². The van der Waals surface area contributed by atoms with Gasteiger partial charge in [-0.25, -0.2) is 4.79 Å². The Kier molecular flexibility index (Phi) is 16.0. The van der Waals surface area contributed by atoms with Gasteiger partial charge in [0.15, 0.2) is 5.78 Å². The molecule has 0 bridgehead atoms. The number of hydrogen-bond donors (Lipinski definition) is 6. The van der Waals surface area contributed by atoms with E-state index in [1.54, 1.807) is 11.9 Å². The van der Waals surface area contributed by atoms with Gasteiger partial charge >= 0.3 is 12.0 Å². The number of hydrogen-bond acceptors (Lipinski definition) is 8. The number of ketones is 1. The summed E-state index contributed by atoms with van der Waals surface area (Å²) < 4.78 is 0. The van der Waals surface area contributed by atoms with Crippen LogP contribution in [0.1, 0.15) is 76.0 Å². The zero-order valence-corrected chi connectivity index (χ0v) is 30.3. The number of carbonyl (C=O) groups is 5. The number of likely N-dealkylation sites (tertiary alicyclic amines) is 1. The molecule has 3 rings (SSSR count). The molecular weight excluding hydrogens is 650 g/mol. The molecule has 4 atom stereocenters. The molecule has 2 aromatic rings. The number of carboxylic acids is 1. The second kappa shape index (κ2) is 19.9. The first-order valence-corrected chi connectivity index (χ1v) is 18.0. The number of piperidine rings is 1. The summed E-state index contributed by atoms with van der Waals surface area (Å²) in [5.74, 6) is -2.75. The van der Waals surface area contributed by atoms with Crippen molar-refractivity contribution < 1.29 is 29.1 Å². The van der Waals surface area contributed by atoms with Crippen molar-refractivity contribution in [3.05, 3.63) is 71.8 Å². The largest absolute Gasteiger partial charge is 0.480 e. The van der Waals surface area contributed by atoms with Gasteiger partial charge in [0.25, 0.3) is 0 Å². The number of unbranched alkanes of at least 4 members (excludes halogenated alkanes) is 1. The third-order valence-corrected chi connectivity index (χ3v) is 9.70. The molecule has 1 heterocycles. The van der Waals surface area contributed by atoms with Crippen molar-refractivity contribution in [1.82, 2.24) is 20.4 Å². The maximum Gasteiger partial charge on any atom is 0.323 e. The van der Waals surface area contributed by atoms with Gasteiger partial charge in [-0.15, -0.1) is 0 Å². The summed E-state index contributed by atoms with van der Waals surface area (Å²) in [5, 5.41) is 15.3. The number of carboxylic acid groups (broad SMARTS) is 1. The Labute approximate surface area is 301 Å². The van der Waals surface area contributed by atoms with Crippen LogP contribution in [-0.2, 0) is 25.6 Å². The minimum absolute atomic E-state index is 0.0333. The van der Waals surface area contributed by atoms with Gasteiger partial charge in [0.05, 0.1) is 12.1 Å². The minimum atomic E-state index is -1.39. The number of nitrogens with zero attached hydrogens (tertiary/aromatic N) is 2. The maximum absolute atomic E-state index is 14.0. The van der Waals surface area contributed by atoms with E-state index in [0.717, 1.165) is 11.1 Å². The van der Waals surface area contributed by atoms with Gasteiger partial charge in [0.2, 0.25) is 11.8 Å². The summed E-state index contributed by atoms with van der Waals surface area (Å²) in [6, 6.07) is 15.8. The summed E-state index contributed by atoms with van der Waals surface area (Å²) in [7, 11) is 1.63. The van der Waals surface area contributed by atoms with Crippen LogP contribution in [-0.4, -0.2) is 95.4 Å². The number of nitrogens with one attached hydrogen (secondary N) is 2. The molecule has 0 unspecified atom stereocenters. The van der Waals surface area contributed by atoms with E-state index in [9.17, 15) is 29.1 Å². The van der Waals surface area contributed by atoms with Crippen molar-refractivity contribution in [3.63, 3.8) is 0 Å². The zero-order chi connectivity index (χ0) is 37.6. The first-order chi connectivity index (χ1) is 24.3. The molecule has 0 saturated carbocycles. The molecular formula is C38H57N7O6. The van der Waals surface area contributed by atoms with Gasteiger partial charge in [-0.2, -0.15) is 0 Å². The first kappa shape index (κ1) is 41.1. The molecule has 9 N–H and O–H groups in total. The Balaban J connectivity index is 1.80. The lowest BCUT2D eigenvalue weighted by molar-refractivity contribution is -0.149. The van der Waals surface area contributed by atoms with Crippen molar-refractivity contribution in [1.29, 1.82) is 0 Å². The summed E-state index contributed by atoms with van der Waals surface area (Å²) in [4.78, 5) is 70.1. The van der Waals surface area contributed by atoms with Crippen molar-refractivity contribution in [2.75, 3.05) is 33.2 Å². The molecule has 2 aromatic carbocycles. The van der Waals surface area contributed by atoms with Gasteiger partial charge in [0.1, 0.15) is 11.6 Å². The van der Waals surface area contributed by atoms with Crippen LogP contribution in [0.15, 0.2) is 60.7 Å². The van der Waals surface area contributed by atoms with Gasteiger partial charge in [0, 0.05) is 45.4 Å². The highest BCUT2D eigenvalue weighted by Crippen LogP contribution is 2.25. The second-order valence-corrected chi connectivity index (χ2v) is 14.1. The number of Topliss-reactive ketones (excluding diaryl/α,β-unsaturated/α-hetero) is 1. The van der Waals surface area contributed by atoms with Crippen LogP contribution in [0.4, 0.5) is 4.79 Å². The van der Waals surface area contributed by atoms with Crippen LogP contribution in [0.3, 0.4) is 0 Å². The Bertz CT molecular complexity index is 1430. The summed E-state index contributed by atoms with van der Waals surface area (Å²) >= 11 is 0. The van der Waals surface area contributed by atoms with Gasteiger partial charge in [-0.3, -0.25) is 19.2 Å². The molecule has 0 aromatic heterocycles. The third-order valence-electron chi connectivity index (χ3n) is 9.70. The highest BCUT2D eigenvalue weighted by atomic mass is 16.4. The van der Waals surface area contributed by atoms with E-state index in [4.69, 9.17) is 17.2 Å². The van der Waals surface area contributed by atoms with E-state index in [1.165, 1.54) is 4.90 Å². The van der Waals surface area contributed by atoms with Crippen molar-refractivity contribution in [2.24, 2.45) is 29.0 Å². The topological polar surface area (TPSA) is 214 Å². The molecule has 1 aliphatic rings. The number of rotatable bonds is 19. The molecule has 280 valence electrons. The van der Waals surface area contributed by atoms with Crippen LogP contribution in [0.25, 0.3) is 0 Å². The average Bonchev–Trinajstić information content (AvgIpc) is 3.11. The smallest absolute Gasteiger partial charge is 0.323 e. The van der Waals surface area contributed by atoms with Crippen molar-refractivity contribution in [2.45, 2.75) is 88.9 Å². The maximum atomic E-state index is 14.0. The Morgan fingerprint density at radius 2 is 1.51 bits per heavy atom. The molecule has 0 radical (unpaired) electrons. The number of carbonyl (C=O) groups excluding carboxylic acids is 4. The van der Waals surface area contributed by atoms with E-state index in [0.29, 0.717) is 32.2 Å². The molecule has 1 aliphatic heterocycles. The highest BCUT2D eigenvalue weighted by molar-refractivity contribution is 5.95. The van der Waals surface area contributed by atoms with E-state index in [-0.39, 0.29) is 62.9 Å². The Morgan fingerprint density at radius 1 is 0.902 bits per heavy atom. The normalized spacial score (nSPS) is 16.4. The molecule has 13 nitrogen and oxygen atoms in total. The first-order valence-electron chi connectivity index (χ1n) is 18.0. The van der Waals surface area contributed by atoms with Crippen LogP contribution in [0, 0.1) is 11.8 Å². The molecule has 1 saturated heterocycles. The van der Waals surface area contributed by atoms with Crippen LogP contribution >= 0.6 is 0 Å². The lowest BCUT2D eigenvalue weighted by atomic mass is 9.86. The number of benzene rings is 2. The van der Waals surface area contributed by atoms with E-state index >= 15 is 0 Å². The van der Waals surface area contributed by atoms with Crippen molar-refractivity contribution >= 4 is 29.6 Å². The lowest BCUT2D eigenvalue weighted by Gasteiger charge is -2.38. The SMILES string of the molecule is CC(C)C[C@@H](NC(=O)[C@@H](Cc1ccccc1)NC(=O)N(C)[C@@H](CN)c1ccccc1)C(=O)C[C@H](CCCCN)C(=O)N1CCC(N)(C(=O)O)CC1. The monoisotopic (exact) mass is 707 g/mol. The van der Waals surface area contributed by atoms with Crippen molar-refractivity contribution in [3.8, 4) is 0 Å².